The van der Waals surface area contributed by atoms with E-state index in [1.807, 2.05) is 42.5 Å². The molecule has 0 spiro atoms. The van der Waals surface area contributed by atoms with E-state index in [1.54, 1.807) is 12.1 Å². The molecule has 1 aliphatic heterocycles. The molecule has 0 unspecified atom stereocenters. The number of fused-ring (bicyclic) bond motifs is 1. The molecule has 4 aromatic rings. The van der Waals surface area contributed by atoms with Crippen LogP contribution in [0.4, 0.5) is 10.1 Å². The molecule has 5 nitrogen and oxygen atoms in total. The lowest BCUT2D eigenvalue weighted by atomic mass is 9.96. The predicted molar refractivity (Wildman–Crippen MR) is 133 cm³/mol. The minimum Gasteiger partial charge on any atom is -0.326 e. The highest BCUT2D eigenvalue weighted by molar-refractivity contribution is 5.93. The fourth-order valence-corrected chi connectivity index (χ4v) is 4.86. The van der Waals surface area contributed by atoms with Crippen LogP contribution in [0.1, 0.15) is 31.2 Å². The second kappa shape index (κ2) is 9.77. The Morgan fingerprint density at radius 3 is 2.65 bits per heavy atom. The number of hydrogen-bond acceptors (Lipinski definition) is 3. The minimum absolute atomic E-state index is 0.0673. The first-order chi connectivity index (χ1) is 16.6. The van der Waals surface area contributed by atoms with Crippen molar-refractivity contribution < 1.29 is 9.18 Å². The first kappa shape index (κ1) is 22.3. The summed E-state index contributed by atoms with van der Waals surface area (Å²) in [4.78, 5) is 20.3. The van der Waals surface area contributed by atoms with Gasteiger partial charge in [0.25, 0.3) is 0 Å². The lowest BCUT2D eigenvalue weighted by Gasteiger charge is -2.32. The second-order valence-electron chi connectivity index (χ2n) is 8.90. The van der Waals surface area contributed by atoms with Gasteiger partial charge in [0.2, 0.25) is 5.91 Å². The normalized spacial score (nSPS) is 16.6. The third-order valence-corrected chi connectivity index (χ3v) is 6.61. The fourth-order valence-electron chi connectivity index (χ4n) is 4.86. The SMILES string of the molecule is CCc1ccccc1NC(=O)[C@@H]1CCCN(Cc2nc3ccccc3n2-c2ccc(F)cc2)C1. The first-order valence-corrected chi connectivity index (χ1v) is 12.0. The molecule has 1 amide bonds. The molecule has 1 fully saturated rings. The highest BCUT2D eigenvalue weighted by atomic mass is 19.1. The zero-order valence-corrected chi connectivity index (χ0v) is 19.4. The van der Waals surface area contributed by atoms with Crippen molar-refractivity contribution in [2.45, 2.75) is 32.7 Å². The molecule has 5 rings (SSSR count). The molecule has 1 aliphatic rings. The van der Waals surface area contributed by atoms with Crippen molar-refractivity contribution in [1.82, 2.24) is 14.5 Å². The first-order valence-electron chi connectivity index (χ1n) is 12.0. The van der Waals surface area contributed by atoms with Crippen molar-refractivity contribution in [3.8, 4) is 5.69 Å². The summed E-state index contributed by atoms with van der Waals surface area (Å²) in [6, 6.07) is 22.5. The van der Waals surface area contributed by atoms with E-state index in [9.17, 15) is 9.18 Å². The number of para-hydroxylation sites is 3. The molecule has 0 aliphatic carbocycles. The van der Waals surface area contributed by atoms with Gasteiger partial charge in [-0.15, -0.1) is 0 Å². The summed E-state index contributed by atoms with van der Waals surface area (Å²) in [6.07, 6.45) is 2.72. The Hall–Kier alpha value is -3.51. The van der Waals surface area contributed by atoms with E-state index >= 15 is 0 Å². The summed E-state index contributed by atoms with van der Waals surface area (Å²) in [6.45, 7) is 4.33. The third-order valence-electron chi connectivity index (χ3n) is 6.61. The van der Waals surface area contributed by atoms with Gasteiger partial charge in [0.05, 0.1) is 23.5 Å². The van der Waals surface area contributed by atoms with Crippen LogP contribution >= 0.6 is 0 Å². The number of hydrogen-bond donors (Lipinski definition) is 1. The lowest BCUT2D eigenvalue weighted by Crippen LogP contribution is -2.40. The predicted octanol–water partition coefficient (Wildman–Crippen LogP) is 5.58. The van der Waals surface area contributed by atoms with Crippen LogP contribution in [-0.2, 0) is 17.8 Å². The van der Waals surface area contributed by atoms with Gasteiger partial charge in [-0.2, -0.15) is 0 Å². The molecule has 3 aromatic carbocycles. The number of benzene rings is 3. The number of nitrogens with zero attached hydrogens (tertiary/aromatic N) is 3. The summed E-state index contributed by atoms with van der Waals surface area (Å²) in [7, 11) is 0. The van der Waals surface area contributed by atoms with Gasteiger partial charge >= 0.3 is 0 Å². The Kier molecular flexibility index (Phi) is 6.41. The van der Waals surface area contributed by atoms with Crippen LogP contribution in [0.25, 0.3) is 16.7 Å². The molecule has 2 heterocycles. The number of aromatic nitrogens is 2. The number of anilines is 1. The van der Waals surface area contributed by atoms with Crippen LogP contribution in [0.3, 0.4) is 0 Å². The van der Waals surface area contributed by atoms with Crippen LogP contribution in [0, 0.1) is 11.7 Å². The molecule has 1 N–H and O–H groups in total. The zero-order valence-electron chi connectivity index (χ0n) is 19.4. The Balaban J connectivity index is 1.36. The number of amides is 1. The minimum atomic E-state index is -0.260. The van der Waals surface area contributed by atoms with Crippen molar-refractivity contribution in [3.63, 3.8) is 0 Å². The van der Waals surface area contributed by atoms with E-state index in [1.165, 1.54) is 12.1 Å². The molecule has 1 aromatic heterocycles. The number of rotatable bonds is 6. The Morgan fingerprint density at radius 1 is 1.06 bits per heavy atom. The highest BCUT2D eigenvalue weighted by Gasteiger charge is 2.27. The smallest absolute Gasteiger partial charge is 0.228 e. The maximum Gasteiger partial charge on any atom is 0.228 e. The molecule has 0 radical (unpaired) electrons. The Labute approximate surface area is 199 Å². The molecule has 1 atom stereocenters. The number of carbonyl (C=O) groups excluding carboxylic acids is 1. The van der Waals surface area contributed by atoms with Gasteiger partial charge in [0, 0.05) is 17.9 Å². The zero-order chi connectivity index (χ0) is 23.5. The largest absolute Gasteiger partial charge is 0.326 e. The van der Waals surface area contributed by atoms with Crippen LogP contribution in [0.5, 0.6) is 0 Å². The Morgan fingerprint density at radius 2 is 1.82 bits per heavy atom. The number of piperidine rings is 1. The van der Waals surface area contributed by atoms with Crippen molar-refractivity contribution in [1.29, 1.82) is 0 Å². The van der Waals surface area contributed by atoms with Crippen molar-refractivity contribution in [2.24, 2.45) is 5.92 Å². The summed E-state index contributed by atoms with van der Waals surface area (Å²) >= 11 is 0. The maximum absolute atomic E-state index is 13.6. The molecule has 0 saturated carbocycles. The number of nitrogens with one attached hydrogen (secondary N) is 1. The van der Waals surface area contributed by atoms with E-state index in [2.05, 4.69) is 27.8 Å². The molecule has 1 saturated heterocycles. The van der Waals surface area contributed by atoms with Crippen molar-refractivity contribution in [2.75, 3.05) is 18.4 Å². The van der Waals surface area contributed by atoms with E-state index in [-0.39, 0.29) is 17.6 Å². The van der Waals surface area contributed by atoms with E-state index in [0.717, 1.165) is 59.6 Å². The van der Waals surface area contributed by atoms with Crippen LogP contribution < -0.4 is 5.32 Å². The fraction of sp³-hybridized carbons (Fsp3) is 0.286. The van der Waals surface area contributed by atoms with E-state index < -0.39 is 0 Å². The van der Waals surface area contributed by atoms with E-state index in [0.29, 0.717) is 13.1 Å². The van der Waals surface area contributed by atoms with Gasteiger partial charge in [-0.1, -0.05) is 37.3 Å². The number of carbonyl (C=O) groups is 1. The van der Waals surface area contributed by atoms with Gasteiger partial charge in [0.15, 0.2) is 0 Å². The number of imidazole rings is 1. The quantitative estimate of drug-likeness (QED) is 0.412. The molecule has 34 heavy (non-hydrogen) atoms. The number of likely N-dealkylation sites (tertiary alicyclic amines) is 1. The summed E-state index contributed by atoms with van der Waals surface area (Å²) < 4.78 is 15.7. The topological polar surface area (TPSA) is 50.2 Å². The van der Waals surface area contributed by atoms with Crippen LogP contribution in [0.15, 0.2) is 72.8 Å². The standard InChI is InChI=1S/C28H29FN4O/c1-2-20-8-3-4-10-24(20)31-28(34)21-9-7-17-32(18-21)19-27-30-25-11-5-6-12-26(25)33(27)23-15-13-22(29)14-16-23/h3-6,8,10-16,21H,2,7,9,17-19H2,1H3,(H,31,34)/t21-/m1/s1. The molecular weight excluding hydrogens is 427 g/mol. The molecule has 0 bridgehead atoms. The van der Waals surface area contributed by atoms with E-state index in [4.69, 9.17) is 4.98 Å². The highest BCUT2D eigenvalue weighted by Crippen LogP contribution is 2.26. The van der Waals surface area contributed by atoms with Gasteiger partial charge < -0.3 is 5.32 Å². The third kappa shape index (κ3) is 4.59. The van der Waals surface area contributed by atoms with Crippen LogP contribution in [0.2, 0.25) is 0 Å². The Bertz CT molecular complexity index is 1300. The molecule has 6 heteroatoms. The monoisotopic (exact) mass is 456 g/mol. The summed E-state index contributed by atoms with van der Waals surface area (Å²) in [5.41, 5.74) is 4.84. The van der Waals surface area contributed by atoms with Crippen molar-refractivity contribution >= 4 is 22.6 Å². The summed E-state index contributed by atoms with van der Waals surface area (Å²) in [5, 5.41) is 3.16. The van der Waals surface area contributed by atoms with Gasteiger partial charge in [0.1, 0.15) is 11.6 Å². The van der Waals surface area contributed by atoms with Gasteiger partial charge in [-0.3, -0.25) is 14.3 Å². The van der Waals surface area contributed by atoms with Gasteiger partial charge in [-0.05, 0) is 73.8 Å². The summed E-state index contributed by atoms with van der Waals surface area (Å²) in [5.74, 6) is 0.648. The number of aryl methyl sites for hydroxylation is 1. The second-order valence-corrected chi connectivity index (χ2v) is 8.90. The van der Waals surface area contributed by atoms with Gasteiger partial charge in [-0.25, -0.2) is 9.37 Å². The average Bonchev–Trinajstić information content (AvgIpc) is 3.23. The maximum atomic E-state index is 13.6. The van der Waals surface area contributed by atoms with Crippen molar-refractivity contribution in [3.05, 3.63) is 90.0 Å². The molecule has 174 valence electrons. The average molecular weight is 457 g/mol. The number of halogens is 1. The molecular formula is C28H29FN4O. The lowest BCUT2D eigenvalue weighted by molar-refractivity contribution is -0.121. The van der Waals surface area contributed by atoms with Crippen LogP contribution in [-0.4, -0.2) is 33.4 Å².